The normalized spacial score (nSPS) is 20.6. The minimum atomic E-state index is 0. The van der Waals surface area contributed by atoms with Gasteiger partial charge in [0.25, 0.3) is 0 Å². The van der Waals surface area contributed by atoms with Crippen LogP contribution in [0.1, 0.15) is 30.9 Å². The summed E-state index contributed by atoms with van der Waals surface area (Å²) >= 11 is 3.54. The third-order valence-electron chi connectivity index (χ3n) is 3.96. The van der Waals surface area contributed by atoms with Crippen LogP contribution in [0.5, 0.6) is 0 Å². The van der Waals surface area contributed by atoms with E-state index in [-0.39, 0.29) is 24.8 Å². The van der Waals surface area contributed by atoms with Gasteiger partial charge in [-0.05, 0) is 39.9 Å². The van der Waals surface area contributed by atoms with Gasteiger partial charge in [-0.3, -0.25) is 9.88 Å². The number of nitrogens with zero attached hydrogens (tertiary/aromatic N) is 2. The van der Waals surface area contributed by atoms with Gasteiger partial charge in [-0.2, -0.15) is 0 Å². The van der Waals surface area contributed by atoms with Crippen LogP contribution in [0.15, 0.2) is 22.9 Å². The molecular formula is C14H22BrCl2N3. The first-order valence-corrected chi connectivity index (χ1v) is 7.67. The second-order valence-electron chi connectivity index (χ2n) is 5.42. The molecule has 2 heterocycles. The Morgan fingerprint density at radius 1 is 1.25 bits per heavy atom. The van der Waals surface area contributed by atoms with Gasteiger partial charge in [0.2, 0.25) is 0 Å². The molecule has 20 heavy (non-hydrogen) atoms. The zero-order valence-electron chi connectivity index (χ0n) is 11.4. The maximum absolute atomic E-state index is 4.34. The van der Waals surface area contributed by atoms with Crippen molar-refractivity contribution < 1.29 is 0 Å². The van der Waals surface area contributed by atoms with Crippen molar-refractivity contribution in [1.82, 2.24) is 15.2 Å². The minimum absolute atomic E-state index is 0. The lowest BCUT2D eigenvalue weighted by molar-refractivity contribution is 0.160. The first-order valence-electron chi connectivity index (χ1n) is 6.88. The molecule has 2 fully saturated rings. The highest BCUT2D eigenvalue weighted by molar-refractivity contribution is 9.10. The fraction of sp³-hybridized carbons (Fsp3) is 0.643. The number of piperazine rings is 1. The number of hydrogen-bond acceptors (Lipinski definition) is 3. The van der Waals surface area contributed by atoms with Crippen molar-refractivity contribution >= 4 is 40.7 Å². The van der Waals surface area contributed by atoms with Crippen molar-refractivity contribution in [1.29, 1.82) is 0 Å². The lowest BCUT2D eigenvalue weighted by Gasteiger charge is -2.35. The lowest BCUT2D eigenvalue weighted by Crippen LogP contribution is -2.45. The van der Waals surface area contributed by atoms with Crippen molar-refractivity contribution in [2.45, 2.75) is 25.3 Å². The van der Waals surface area contributed by atoms with E-state index in [0.717, 1.165) is 36.6 Å². The van der Waals surface area contributed by atoms with Crippen LogP contribution in [-0.4, -0.2) is 36.1 Å². The molecular weight excluding hydrogens is 361 g/mol. The van der Waals surface area contributed by atoms with Crippen LogP contribution in [-0.2, 0) is 0 Å². The number of nitrogens with one attached hydrogen (secondary N) is 1. The van der Waals surface area contributed by atoms with Gasteiger partial charge in [0.1, 0.15) is 0 Å². The van der Waals surface area contributed by atoms with E-state index in [1.54, 1.807) is 0 Å². The Bertz CT molecular complexity index is 409. The summed E-state index contributed by atoms with van der Waals surface area (Å²) in [4.78, 5) is 6.96. The SMILES string of the molecule is Brc1cncc([C@H](CC2CC2)N2CCNCC2)c1.Cl.Cl. The zero-order chi connectivity index (χ0) is 12.4. The van der Waals surface area contributed by atoms with Crippen LogP contribution in [0.3, 0.4) is 0 Å². The Morgan fingerprint density at radius 3 is 2.55 bits per heavy atom. The molecule has 2 aliphatic rings. The largest absolute Gasteiger partial charge is 0.314 e. The Hall–Kier alpha value is 0.130. The molecule has 0 bridgehead atoms. The minimum Gasteiger partial charge on any atom is -0.314 e. The van der Waals surface area contributed by atoms with Crippen LogP contribution in [0.25, 0.3) is 0 Å². The molecule has 0 radical (unpaired) electrons. The van der Waals surface area contributed by atoms with Gasteiger partial charge in [-0.25, -0.2) is 0 Å². The average Bonchev–Trinajstić information content (AvgIpc) is 3.21. The average molecular weight is 383 g/mol. The Balaban J connectivity index is 0.000001000. The second kappa shape index (κ2) is 8.54. The molecule has 114 valence electrons. The van der Waals surface area contributed by atoms with E-state index in [1.807, 2.05) is 12.4 Å². The summed E-state index contributed by atoms with van der Waals surface area (Å²) in [6, 6.07) is 2.80. The standard InChI is InChI=1S/C14H20BrN3.2ClH/c15-13-8-12(9-17-10-13)14(7-11-1-2-11)18-5-3-16-4-6-18;;/h8-11,14,16H,1-7H2;2*1H/t14-;;/m0../s1. The van der Waals surface area contributed by atoms with Crippen LogP contribution >= 0.6 is 40.7 Å². The molecule has 0 aromatic carbocycles. The highest BCUT2D eigenvalue weighted by Gasteiger charge is 2.30. The molecule has 6 heteroatoms. The molecule has 0 amide bonds. The summed E-state index contributed by atoms with van der Waals surface area (Å²) in [5.41, 5.74) is 1.37. The van der Waals surface area contributed by atoms with E-state index in [0.29, 0.717) is 6.04 Å². The van der Waals surface area contributed by atoms with Crippen molar-refractivity contribution in [2.24, 2.45) is 5.92 Å². The van der Waals surface area contributed by atoms with E-state index in [9.17, 15) is 0 Å². The van der Waals surface area contributed by atoms with Crippen LogP contribution < -0.4 is 5.32 Å². The summed E-state index contributed by atoms with van der Waals surface area (Å²) in [6.45, 7) is 4.54. The number of hydrogen-bond donors (Lipinski definition) is 1. The maximum atomic E-state index is 4.34. The van der Waals surface area contributed by atoms with Crippen LogP contribution in [0, 0.1) is 5.92 Å². The highest BCUT2D eigenvalue weighted by Crippen LogP contribution is 2.40. The molecule has 0 unspecified atom stereocenters. The molecule has 1 saturated heterocycles. The lowest BCUT2D eigenvalue weighted by atomic mass is 10.0. The third-order valence-corrected chi connectivity index (χ3v) is 4.39. The Labute approximate surface area is 141 Å². The predicted octanol–water partition coefficient (Wildman–Crippen LogP) is 3.43. The Kier molecular flexibility index (Phi) is 7.77. The highest BCUT2D eigenvalue weighted by atomic mass is 79.9. The molecule has 1 N–H and O–H groups in total. The molecule has 3 nitrogen and oxygen atoms in total. The summed E-state index contributed by atoms with van der Waals surface area (Å²) in [5.74, 6) is 0.948. The fourth-order valence-corrected chi connectivity index (χ4v) is 3.15. The smallest absolute Gasteiger partial charge is 0.0410 e. The molecule has 1 aromatic heterocycles. The molecule has 1 aliphatic carbocycles. The van der Waals surface area contributed by atoms with E-state index < -0.39 is 0 Å². The van der Waals surface area contributed by atoms with E-state index in [1.165, 1.54) is 24.8 Å². The van der Waals surface area contributed by atoms with Gasteiger partial charge in [-0.1, -0.05) is 12.8 Å². The molecule has 3 rings (SSSR count). The summed E-state index contributed by atoms with van der Waals surface area (Å²) < 4.78 is 1.09. The van der Waals surface area contributed by atoms with Gasteiger partial charge in [0, 0.05) is 49.1 Å². The van der Waals surface area contributed by atoms with Crippen LogP contribution in [0.4, 0.5) is 0 Å². The second-order valence-corrected chi connectivity index (χ2v) is 6.33. The number of rotatable bonds is 4. The van der Waals surface area contributed by atoms with Crippen molar-refractivity contribution in [3.63, 3.8) is 0 Å². The number of halogens is 3. The summed E-state index contributed by atoms with van der Waals surface area (Å²) in [6.07, 6.45) is 8.06. The fourth-order valence-electron chi connectivity index (χ4n) is 2.77. The van der Waals surface area contributed by atoms with Gasteiger partial charge >= 0.3 is 0 Å². The van der Waals surface area contributed by atoms with Gasteiger partial charge < -0.3 is 5.32 Å². The van der Waals surface area contributed by atoms with E-state index in [2.05, 4.69) is 37.2 Å². The molecule has 1 atom stereocenters. The van der Waals surface area contributed by atoms with Gasteiger partial charge in [0.15, 0.2) is 0 Å². The first-order chi connectivity index (χ1) is 8.83. The summed E-state index contributed by atoms with van der Waals surface area (Å²) in [5, 5.41) is 3.43. The molecule has 1 saturated carbocycles. The van der Waals surface area contributed by atoms with Crippen LogP contribution in [0.2, 0.25) is 0 Å². The molecule has 1 aromatic rings. The summed E-state index contributed by atoms with van der Waals surface area (Å²) in [7, 11) is 0. The monoisotopic (exact) mass is 381 g/mol. The maximum Gasteiger partial charge on any atom is 0.0410 e. The van der Waals surface area contributed by atoms with Crippen molar-refractivity contribution in [3.8, 4) is 0 Å². The molecule has 0 spiro atoms. The quantitative estimate of drug-likeness (QED) is 0.864. The van der Waals surface area contributed by atoms with Crippen molar-refractivity contribution in [3.05, 3.63) is 28.5 Å². The number of aromatic nitrogens is 1. The van der Waals surface area contributed by atoms with Gasteiger partial charge in [-0.15, -0.1) is 24.8 Å². The Morgan fingerprint density at radius 2 is 1.95 bits per heavy atom. The zero-order valence-corrected chi connectivity index (χ0v) is 14.6. The van der Waals surface area contributed by atoms with Gasteiger partial charge in [0.05, 0.1) is 0 Å². The number of pyridine rings is 1. The predicted molar refractivity (Wildman–Crippen MR) is 91.0 cm³/mol. The van der Waals surface area contributed by atoms with E-state index in [4.69, 9.17) is 0 Å². The van der Waals surface area contributed by atoms with Crippen molar-refractivity contribution in [2.75, 3.05) is 26.2 Å². The topological polar surface area (TPSA) is 28.2 Å². The van der Waals surface area contributed by atoms with E-state index >= 15 is 0 Å². The first kappa shape index (κ1) is 18.2. The third kappa shape index (κ3) is 4.85. The molecule has 1 aliphatic heterocycles.